The van der Waals surface area contributed by atoms with Gasteiger partial charge in [-0.15, -0.1) is 22.7 Å². The molecule has 34 heavy (non-hydrogen) atoms. The van der Waals surface area contributed by atoms with Crippen molar-refractivity contribution in [2.75, 3.05) is 0 Å². The lowest BCUT2D eigenvalue weighted by molar-refractivity contribution is -0.125. The van der Waals surface area contributed by atoms with Gasteiger partial charge in [0.2, 0.25) is 5.91 Å². The molecule has 1 aliphatic carbocycles. The van der Waals surface area contributed by atoms with E-state index in [1.54, 1.807) is 22.7 Å². The number of amides is 1. The van der Waals surface area contributed by atoms with E-state index in [1.807, 2.05) is 0 Å². The minimum absolute atomic E-state index is 0.0444. The Labute approximate surface area is 209 Å². The minimum Gasteiger partial charge on any atom is -0.351 e. The van der Waals surface area contributed by atoms with Crippen LogP contribution in [0.5, 0.6) is 0 Å². The van der Waals surface area contributed by atoms with E-state index >= 15 is 0 Å². The Bertz CT molecular complexity index is 1230. The first-order valence-corrected chi connectivity index (χ1v) is 13.7. The van der Waals surface area contributed by atoms with Gasteiger partial charge in [0.05, 0.1) is 12.5 Å². The molecule has 2 aromatic carbocycles. The average molecular weight is 487 g/mol. The highest BCUT2D eigenvalue weighted by Gasteiger charge is 2.32. The number of hydrogen-bond acceptors (Lipinski definition) is 4. The lowest BCUT2D eigenvalue weighted by Gasteiger charge is -2.20. The van der Waals surface area contributed by atoms with Gasteiger partial charge in [0, 0.05) is 27.2 Å². The lowest BCUT2D eigenvalue weighted by Crippen LogP contribution is -2.41. The van der Waals surface area contributed by atoms with E-state index in [0.717, 1.165) is 25.8 Å². The Morgan fingerprint density at radius 1 is 0.912 bits per heavy atom. The average Bonchev–Trinajstić information content (AvgIpc) is 3.64. The number of nitrogens with one attached hydrogen (secondary N) is 2. The van der Waals surface area contributed by atoms with Crippen molar-refractivity contribution in [2.24, 2.45) is 5.92 Å². The van der Waals surface area contributed by atoms with Crippen LogP contribution in [0, 0.1) is 12.8 Å². The molecule has 1 saturated carbocycles. The van der Waals surface area contributed by atoms with E-state index in [0.29, 0.717) is 6.54 Å². The van der Waals surface area contributed by atoms with Crippen molar-refractivity contribution in [2.45, 2.75) is 45.3 Å². The molecule has 5 heteroatoms. The third-order valence-electron chi connectivity index (χ3n) is 6.69. The van der Waals surface area contributed by atoms with Crippen LogP contribution in [0.4, 0.5) is 0 Å². The Hall–Kier alpha value is -2.73. The molecule has 0 bridgehead atoms. The van der Waals surface area contributed by atoms with Gasteiger partial charge in [-0.05, 0) is 65.6 Å². The fourth-order valence-corrected chi connectivity index (χ4v) is 6.58. The van der Waals surface area contributed by atoms with E-state index in [9.17, 15) is 4.79 Å². The summed E-state index contributed by atoms with van der Waals surface area (Å²) in [6.45, 7) is 3.55. The summed E-state index contributed by atoms with van der Waals surface area (Å²) in [5.41, 5.74) is 5.07. The standard InChI is InChI=1S/C29H30N2OS2/c1-20-6-2-3-7-24(20)22-13-11-21(12-14-22)18-30-26-9-4-8-25(26)29(32)31-19-23-15-16-28(34-23)27-10-5-17-33-27/h2-3,5-7,10-17,25-26,30H,4,8-9,18-19H2,1H3,(H,31,32)/t25-,26-/m0/s1. The molecule has 0 radical (unpaired) electrons. The summed E-state index contributed by atoms with van der Waals surface area (Å²) in [4.78, 5) is 16.7. The maximum atomic E-state index is 13.0. The van der Waals surface area contributed by atoms with Crippen LogP contribution >= 0.6 is 22.7 Å². The molecule has 1 fully saturated rings. The Morgan fingerprint density at radius 3 is 2.56 bits per heavy atom. The molecule has 2 atom stereocenters. The molecule has 0 saturated heterocycles. The minimum atomic E-state index is 0.0444. The van der Waals surface area contributed by atoms with Crippen molar-refractivity contribution in [3.63, 3.8) is 0 Å². The van der Waals surface area contributed by atoms with Gasteiger partial charge < -0.3 is 10.6 Å². The van der Waals surface area contributed by atoms with Crippen molar-refractivity contribution in [3.8, 4) is 20.9 Å². The highest BCUT2D eigenvalue weighted by Crippen LogP contribution is 2.32. The van der Waals surface area contributed by atoms with Crippen LogP contribution in [0.15, 0.2) is 78.2 Å². The SMILES string of the molecule is Cc1ccccc1-c1ccc(CN[C@H]2CCC[C@@H]2C(=O)NCc2ccc(-c3cccs3)s2)cc1. The first-order valence-electron chi connectivity index (χ1n) is 12.0. The topological polar surface area (TPSA) is 41.1 Å². The van der Waals surface area contributed by atoms with Crippen LogP contribution in [0.3, 0.4) is 0 Å². The van der Waals surface area contributed by atoms with Crippen LogP contribution < -0.4 is 10.6 Å². The fraction of sp³-hybridized carbons (Fsp3) is 0.276. The zero-order valence-corrected chi connectivity index (χ0v) is 21.1. The quantitative estimate of drug-likeness (QED) is 0.281. The third-order valence-corrected chi connectivity index (χ3v) is 8.84. The first-order chi connectivity index (χ1) is 16.7. The van der Waals surface area contributed by atoms with Crippen molar-refractivity contribution < 1.29 is 4.79 Å². The smallest absolute Gasteiger partial charge is 0.224 e. The van der Waals surface area contributed by atoms with E-state index in [-0.39, 0.29) is 17.9 Å². The summed E-state index contributed by atoms with van der Waals surface area (Å²) in [6.07, 6.45) is 3.12. The molecule has 1 amide bonds. The van der Waals surface area contributed by atoms with Crippen molar-refractivity contribution in [1.29, 1.82) is 0 Å². The maximum absolute atomic E-state index is 13.0. The third kappa shape index (κ3) is 5.33. The molecule has 3 nitrogen and oxygen atoms in total. The second-order valence-corrected chi connectivity index (χ2v) is 11.1. The Morgan fingerprint density at radius 2 is 1.76 bits per heavy atom. The highest BCUT2D eigenvalue weighted by atomic mass is 32.1. The maximum Gasteiger partial charge on any atom is 0.224 e. The van der Waals surface area contributed by atoms with Crippen LogP contribution in [0.2, 0.25) is 0 Å². The molecule has 1 aliphatic rings. The van der Waals surface area contributed by atoms with Crippen LogP contribution in [-0.2, 0) is 17.9 Å². The van der Waals surface area contributed by atoms with Gasteiger partial charge in [-0.1, -0.05) is 61.0 Å². The lowest BCUT2D eigenvalue weighted by atomic mass is 9.99. The molecular formula is C29H30N2OS2. The summed E-state index contributed by atoms with van der Waals surface area (Å²) >= 11 is 3.52. The van der Waals surface area contributed by atoms with Gasteiger partial charge in [-0.25, -0.2) is 0 Å². The van der Waals surface area contributed by atoms with Crippen LogP contribution in [0.1, 0.15) is 35.3 Å². The molecule has 4 aromatic rings. The van der Waals surface area contributed by atoms with E-state index < -0.39 is 0 Å². The van der Waals surface area contributed by atoms with E-state index in [2.05, 4.69) is 95.7 Å². The number of rotatable bonds is 8. The van der Waals surface area contributed by atoms with Gasteiger partial charge in [0.1, 0.15) is 0 Å². The molecule has 2 heterocycles. The molecular weight excluding hydrogens is 456 g/mol. The Balaban J connectivity index is 1.14. The zero-order chi connectivity index (χ0) is 23.3. The molecule has 5 rings (SSSR count). The predicted octanol–water partition coefficient (Wildman–Crippen LogP) is 7.03. The fourth-order valence-electron chi connectivity index (χ4n) is 4.80. The molecule has 0 spiro atoms. The van der Waals surface area contributed by atoms with E-state index in [4.69, 9.17) is 0 Å². The number of carbonyl (C=O) groups is 1. The summed E-state index contributed by atoms with van der Waals surface area (Å²) in [6, 6.07) is 26.0. The number of aryl methyl sites for hydroxylation is 1. The van der Waals surface area contributed by atoms with Crippen molar-refractivity contribution in [3.05, 3.63) is 94.2 Å². The molecule has 2 N–H and O–H groups in total. The number of carbonyl (C=O) groups excluding carboxylic acids is 1. The van der Waals surface area contributed by atoms with Gasteiger partial charge >= 0.3 is 0 Å². The van der Waals surface area contributed by atoms with Crippen molar-refractivity contribution >= 4 is 28.6 Å². The highest BCUT2D eigenvalue weighted by molar-refractivity contribution is 7.21. The predicted molar refractivity (Wildman–Crippen MR) is 144 cm³/mol. The second-order valence-electron chi connectivity index (χ2n) is 9.00. The summed E-state index contributed by atoms with van der Waals surface area (Å²) in [7, 11) is 0. The molecule has 0 unspecified atom stereocenters. The Kier molecular flexibility index (Phi) is 7.24. The first kappa shape index (κ1) is 23.0. The van der Waals surface area contributed by atoms with Gasteiger partial charge in [-0.2, -0.15) is 0 Å². The van der Waals surface area contributed by atoms with Gasteiger partial charge in [0.15, 0.2) is 0 Å². The summed E-state index contributed by atoms with van der Waals surface area (Å²) in [5.74, 6) is 0.221. The van der Waals surface area contributed by atoms with Gasteiger partial charge in [-0.3, -0.25) is 4.79 Å². The zero-order valence-electron chi connectivity index (χ0n) is 19.4. The summed E-state index contributed by atoms with van der Waals surface area (Å²) < 4.78 is 0. The largest absolute Gasteiger partial charge is 0.351 e. The molecule has 2 aromatic heterocycles. The monoisotopic (exact) mass is 486 g/mol. The molecule has 0 aliphatic heterocycles. The normalized spacial score (nSPS) is 17.7. The summed E-state index contributed by atoms with van der Waals surface area (Å²) in [5, 5.41) is 8.96. The number of thiophene rings is 2. The number of hydrogen-bond donors (Lipinski definition) is 2. The van der Waals surface area contributed by atoms with Crippen LogP contribution in [-0.4, -0.2) is 11.9 Å². The number of benzene rings is 2. The van der Waals surface area contributed by atoms with Crippen LogP contribution in [0.25, 0.3) is 20.9 Å². The van der Waals surface area contributed by atoms with E-state index in [1.165, 1.54) is 36.9 Å². The molecule has 174 valence electrons. The van der Waals surface area contributed by atoms with Gasteiger partial charge in [0.25, 0.3) is 0 Å². The second kappa shape index (κ2) is 10.7. The van der Waals surface area contributed by atoms with Crippen molar-refractivity contribution in [1.82, 2.24) is 10.6 Å².